The largest absolute Gasteiger partial charge is 0.421 e. The van der Waals surface area contributed by atoms with E-state index in [2.05, 4.69) is 10.1 Å². The zero-order valence-corrected chi connectivity index (χ0v) is 16.6. The third-order valence-corrected chi connectivity index (χ3v) is 6.60. The van der Waals surface area contributed by atoms with Crippen molar-refractivity contribution < 1.29 is 26.8 Å². The van der Waals surface area contributed by atoms with Crippen LogP contribution in [0.3, 0.4) is 0 Å². The van der Waals surface area contributed by atoms with Crippen LogP contribution in [0.15, 0.2) is 55.9 Å². The molecule has 0 fully saturated rings. The first-order valence-electron chi connectivity index (χ1n) is 8.34. The summed E-state index contributed by atoms with van der Waals surface area (Å²) >= 11 is 5.94. The zero-order chi connectivity index (χ0) is 22.7. The van der Waals surface area contributed by atoms with E-state index in [0.717, 1.165) is 30.5 Å². The van der Waals surface area contributed by atoms with Gasteiger partial charge in [-0.15, -0.1) is 0 Å². The smallest absolute Gasteiger partial charge is 0.408 e. The quantitative estimate of drug-likeness (QED) is 0.439. The average molecular weight is 475 g/mol. The molecule has 0 radical (unpaired) electrons. The summed E-state index contributed by atoms with van der Waals surface area (Å²) in [6.45, 7) is -1.42. The summed E-state index contributed by atoms with van der Waals surface area (Å²) in [4.78, 5) is 25.2. The van der Waals surface area contributed by atoms with Gasteiger partial charge in [-0.3, -0.25) is 9.48 Å². The van der Waals surface area contributed by atoms with Gasteiger partial charge < -0.3 is 10.2 Å². The summed E-state index contributed by atoms with van der Waals surface area (Å²) < 4.78 is 65.2. The van der Waals surface area contributed by atoms with Gasteiger partial charge in [0, 0.05) is 5.39 Å². The van der Waals surface area contributed by atoms with E-state index in [1.807, 2.05) is 0 Å². The fourth-order valence-electron chi connectivity index (χ4n) is 3.11. The Hall–Kier alpha value is -3.32. The first-order chi connectivity index (χ1) is 14.4. The fourth-order valence-corrected chi connectivity index (χ4v) is 4.79. The van der Waals surface area contributed by atoms with Crippen molar-refractivity contribution >= 4 is 43.2 Å². The number of H-pyrrole nitrogens is 1. The molecule has 0 aliphatic rings. The van der Waals surface area contributed by atoms with Crippen LogP contribution in [0.2, 0.25) is 5.02 Å². The number of rotatable bonds is 3. The Kier molecular flexibility index (Phi) is 4.63. The minimum atomic E-state index is -4.58. The molecule has 14 heteroatoms. The molecular formula is C17H10ClF3N4O5S. The van der Waals surface area contributed by atoms with Gasteiger partial charge in [0.05, 0.1) is 37.4 Å². The predicted molar refractivity (Wildman–Crippen MR) is 102 cm³/mol. The molecule has 0 atom stereocenters. The van der Waals surface area contributed by atoms with Crippen LogP contribution in [0.4, 0.5) is 13.2 Å². The second-order valence-corrected chi connectivity index (χ2v) is 8.81. The van der Waals surface area contributed by atoms with E-state index in [-0.39, 0.29) is 20.7 Å². The Labute approximate surface area is 174 Å². The molecule has 0 saturated carbocycles. The Morgan fingerprint density at radius 1 is 1.16 bits per heavy atom. The average Bonchev–Trinajstić information content (AvgIpc) is 3.06. The molecule has 2 heterocycles. The Bertz CT molecular complexity index is 1590. The zero-order valence-electron chi connectivity index (χ0n) is 15.0. The number of fused-ring (bicyclic) bond motifs is 2. The number of nitrogens with zero attached hydrogens (tertiary/aromatic N) is 3. The summed E-state index contributed by atoms with van der Waals surface area (Å²) in [5.74, 6) is 0. The summed E-state index contributed by atoms with van der Waals surface area (Å²) in [7, 11) is -4.44. The van der Waals surface area contributed by atoms with Crippen molar-refractivity contribution in [2.75, 3.05) is 0 Å². The highest BCUT2D eigenvalue weighted by Crippen LogP contribution is 2.31. The predicted octanol–water partition coefficient (Wildman–Crippen LogP) is 2.33. The van der Waals surface area contributed by atoms with Crippen molar-refractivity contribution in [1.29, 1.82) is 0 Å². The van der Waals surface area contributed by atoms with Crippen LogP contribution >= 0.6 is 11.6 Å². The third kappa shape index (κ3) is 3.45. The number of aromatic nitrogens is 4. The van der Waals surface area contributed by atoms with Crippen molar-refractivity contribution in [3.05, 3.63) is 62.4 Å². The second kappa shape index (κ2) is 6.85. The van der Waals surface area contributed by atoms with E-state index in [4.69, 9.17) is 11.6 Å². The van der Waals surface area contributed by atoms with Crippen molar-refractivity contribution in [1.82, 2.24) is 19.5 Å². The number of nitrogens with one attached hydrogen (secondary N) is 1. The van der Waals surface area contributed by atoms with Crippen molar-refractivity contribution in [3.8, 4) is 0 Å². The van der Waals surface area contributed by atoms with Crippen LogP contribution in [0.1, 0.15) is 0 Å². The standard InChI is InChI=1S/C17H10ClF3N4O5S/c18-10-3-4-12(14-13(10)15(26)25(28)16(27)23-14)31(29,30)9-2-1-8-6-22-24(11(8)5-9)7-17(19,20)21/h1-6,28H,7H2,(H,23,27). The summed E-state index contributed by atoms with van der Waals surface area (Å²) in [5, 5.41) is 12.7. The lowest BCUT2D eigenvalue weighted by molar-refractivity contribution is -0.141. The number of alkyl halides is 3. The summed E-state index contributed by atoms with van der Waals surface area (Å²) in [5.41, 5.74) is -3.06. The van der Waals surface area contributed by atoms with Crippen molar-refractivity contribution in [2.45, 2.75) is 22.5 Å². The van der Waals surface area contributed by atoms with E-state index in [0.29, 0.717) is 4.68 Å². The number of hydrogen-bond donors (Lipinski definition) is 2. The van der Waals surface area contributed by atoms with E-state index in [1.54, 1.807) is 0 Å². The van der Waals surface area contributed by atoms with E-state index in [9.17, 15) is 36.4 Å². The summed E-state index contributed by atoms with van der Waals surface area (Å²) in [6, 6.07) is 5.57. The Morgan fingerprint density at radius 2 is 1.87 bits per heavy atom. The minimum absolute atomic E-state index is 0.0807. The molecule has 31 heavy (non-hydrogen) atoms. The van der Waals surface area contributed by atoms with Crippen LogP contribution < -0.4 is 11.2 Å². The Morgan fingerprint density at radius 3 is 2.55 bits per heavy atom. The highest BCUT2D eigenvalue weighted by Gasteiger charge is 2.30. The topological polar surface area (TPSA) is 127 Å². The van der Waals surface area contributed by atoms with Crippen molar-refractivity contribution in [3.63, 3.8) is 0 Å². The van der Waals surface area contributed by atoms with Gasteiger partial charge in [-0.25, -0.2) is 13.2 Å². The fraction of sp³-hybridized carbons (Fsp3) is 0.118. The second-order valence-electron chi connectivity index (χ2n) is 6.48. The molecule has 162 valence electrons. The number of hydrogen-bond acceptors (Lipinski definition) is 6. The molecule has 0 saturated heterocycles. The van der Waals surface area contributed by atoms with Gasteiger partial charge >= 0.3 is 11.9 Å². The molecule has 2 aromatic carbocycles. The number of halogens is 4. The van der Waals surface area contributed by atoms with Crippen LogP contribution in [0, 0.1) is 0 Å². The summed E-state index contributed by atoms with van der Waals surface area (Å²) in [6.07, 6.45) is -3.42. The normalized spacial score (nSPS) is 12.6. The number of aromatic amines is 1. The van der Waals surface area contributed by atoms with Crippen LogP contribution in [0.25, 0.3) is 21.8 Å². The first-order valence-corrected chi connectivity index (χ1v) is 10.2. The number of benzene rings is 2. The van der Waals surface area contributed by atoms with Gasteiger partial charge in [-0.1, -0.05) is 16.3 Å². The van der Waals surface area contributed by atoms with Gasteiger partial charge in [-0.05, 0) is 30.3 Å². The Balaban J connectivity index is 1.98. The van der Waals surface area contributed by atoms with Gasteiger partial charge in [0.1, 0.15) is 6.54 Å². The lowest BCUT2D eigenvalue weighted by atomic mass is 10.2. The highest BCUT2D eigenvalue weighted by atomic mass is 35.5. The molecule has 0 aliphatic carbocycles. The molecule has 0 spiro atoms. The van der Waals surface area contributed by atoms with Gasteiger partial charge in [-0.2, -0.15) is 18.3 Å². The maximum atomic E-state index is 13.2. The van der Waals surface area contributed by atoms with E-state index < -0.39 is 54.5 Å². The lowest BCUT2D eigenvalue weighted by Gasteiger charge is -2.11. The molecule has 0 bridgehead atoms. The molecular weight excluding hydrogens is 465 g/mol. The third-order valence-electron chi connectivity index (χ3n) is 4.49. The minimum Gasteiger partial charge on any atom is -0.421 e. The van der Waals surface area contributed by atoms with Crippen LogP contribution in [0.5, 0.6) is 0 Å². The molecule has 2 aromatic heterocycles. The van der Waals surface area contributed by atoms with Gasteiger partial charge in [0.25, 0.3) is 5.56 Å². The lowest BCUT2D eigenvalue weighted by Crippen LogP contribution is -2.33. The monoisotopic (exact) mass is 474 g/mol. The highest BCUT2D eigenvalue weighted by molar-refractivity contribution is 7.91. The molecule has 4 aromatic rings. The molecule has 0 amide bonds. The van der Waals surface area contributed by atoms with Gasteiger partial charge in [0.2, 0.25) is 9.84 Å². The molecule has 4 rings (SSSR count). The molecule has 0 unspecified atom stereocenters. The molecule has 0 aliphatic heterocycles. The van der Waals surface area contributed by atoms with Gasteiger partial charge in [0.15, 0.2) is 0 Å². The maximum absolute atomic E-state index is 13.2. The van der Waals surface area contributed by atoms with Crippen LogP contribution in [-0.4, -0.2) is 39.3 Å². The molecule has 9 nitrogen and oxygen atoms in total. The first kappa shape index (κ1) is 20.9. The molecule has 2 N–H and O–H groups in total. The number of sulfone groups is 1. The van der Waals surface area contributed by atoms with Crippen LogP contribution in [-0.2, 0) is 16.4 Å². The van der Waals surface area contributed by atoms with Crippen molar-refractivity contribution in [2.24, 2.45) is 0 Å². The SMILES string of the molecule is O=c1[nH]c2c(S(=O)(=O)c3ccc4cnn(CC(F)(F)F)c4c3)ccc(Cl)c2c(=O)n1O. The van der Waals surface area contributed by atoms with E-state index in [1.165, 1.54) is 6.07 Å². The maximum Gasteiger partial charge on any atom is 0.408 e. The van der Waals surface area contributed by atoms with E-state index >= 15 is 0 Å².